The van der Waals surface area contributed by atoms with Crippen LogP contribution in [0, 0.1) is 0 Å². The molecule has 3 N–H and O–H groups in total. The van der Waals surface area contributed by atoms with Crippen LogP contribution in [0.4, 0.5) is 0 Å². The van der Waals surface area contributed by atoms with Crippen molar-refractivity contribution in [3.63, 3.8) is 0 Å². The lowest BCUT2D eigenvalue weighted by Gasteiger charge is -2.16. The molecule has 252 valence electrons. The second kappa shape index (κ2) is 16.3. The highest BCUT2D eigenvalue weighted by atomic mass is 35.5. The molecule has 0 saturated carbocycles. The molecular weight excluding hydrogens is 653 g/mol. The van der Waals surface area contributed by atoms with Crippen molar-refractivity contribution in [1.29, 1.82) is 0 Å². The van der Waals surface area contributed by atoms with Gasteiger partial charge in [-0.25, -0.2) is 4.98 Å². The van der Waals surface area contributed by atoms with E-state index in [1.165, 1.54) is 0 Å². The standard InChI is InChI=1S/C36H39Cl2N5O5/c1-21(2)48-32(45)20-40-17-23-9-8-22(16-30(23)46-3)35-34(38)27(14-15-41-35)26-6-5-7-28(33(26)37)29-12-10-24(36(43-29)47-4)18-39-19-25-11-13-31(44)42-25/h5-10,12,14-16,21,25,39-40H,11,13,17-20H2,1-4H3,(H,42,44). The van der Waals surface area contributed by atoms with Crippen LogP contribution in [-0.2, 0) is 27.4 Å². The van der Waals surface area contributed by atoms with Gasteiger partial charge in [-0.3, -0.25) is 14.6 Å². The zero-order valence-corrected chi connectivity index (χ0v) is 28.9. The van der Waals surface area contributed by atoms with Gasteiger partial charge in [-0.1, -0.05) is 59.6 Å². The number of amides is 1. The van der Waals surface area contributed by atoms with Gasteiger partial charge in [0, 0.05) is 71.7 Å². The van der Waals surface area contributed by atoms with Crippen LogP contribution < -0.4 is 25.4 Å². The highest BCUT2D eigenvalue weighted by Gasteiger charge is 2.21. The van der Waals surface area contributed by atoms with E-state index in [0.717, 1.165) is 34.2 Å². The average Bonchev–Trinajstić information content (AvgIpc) is 3.49. The quantitative estimate of drug-likeness (QED) is 0.132. The fourth-order valence-corrected chi connectivity index (χ4v) is 6.22. The van der Waals surface area contributed by atoms with E-state index in [9.17, 15) is 9.59 Å². The Morgan fingerprint density at radius 2 is 1.71 bits per heavy atom. The zero-order valence-electron chi connectivity index (χ0n) is 27.4. The van der Waals surface area contributed by atoms with Gasteiger partial charge in [0.15, 0.2) is 0 Å². The summed E-state index contributed by atoms with van der Waals surface area (Å²) in [5.41, 5.74) is 5.93. The number of benzene rings is 2. The topological polar surface area (TPSA) is 124 Å². The van der Waals surface area contributed by atoms with Crippen molar-refractivity contribution in [2.45, 2.75) is 51.9 Å². The summed E-state index contributed by atoms with van der Waals surface area (Å²) in [6.45, 7) is 5.34. The van der Waals surface area contributed by atoms with Crippen molar-refractivity contribution in [3.05, 3.63) is 82.0 Å². The molecule has 0 spiro atoms. The Balaban J connectivity index is 1.35. The summed E-state index contributed by atoms with van der Waals surface area (Å²) < 4.78 is 16.5. The summed E-state index contributed by atoms with van der Waals surface area (Å²) in [4.78, 5) is 32.8. The molecule has 0 bridgehead atoms. The normalized spacial score (nSPS) is 14.2. The fraction of sp³-hybridized carbons (Fsp3) is 0.333. The molecule has 0 radical (unpaired) electrons. The van der Waals surface area contributed by atoms with E-state index in [2.05, 4.69) is 20.9 Å². The van der Waals surface area contributed by atoms with Crippen molar-refractivity contribution in [3.8, 4) is 45.3 Å². The molecule has 10 nitrogen and oxygen atoms in total. The minimum Gasteiger partial charge on any atom is -0.496 e. The number of carbonyl (C=O) groups is 2. The number of nitrogens with zero attached hydrogens (tertiary/aromatic N) is 2. The molecule has 1 aliphatic rings. The molecule has 1 saturated heterocycles. The summed E-state index contributed by atoms with van der Waals surface area (Å²) in [5.74, 6) is 0.897. The number of hydrogen-bond acceptors (Lipinski definition) is 9. The number of methoxy groups -OCH3 is 2. The van der Waals surface area contributed by atoms with Gasteiger partial charge in [0.2, 0.25) is 11.8 Å². The molecule has 2 aromatic carbocycles. The van der Waals surface area contributed by atoms with E-state index < -0.39 is 0 Å². The van der Waals surface area contributed by atoms with Crippen molar-refractivity contribution < 1.29 is 23.8 Å². The van der Waals surface area contributed by atoms with Crippen LogP contribution in [0.2, 0.25) is 10.0 Å². The number of aromatic nitrogens is 2. The molecule has 2 aromatic heterocycles. The number of hydrogen-bond donors (Lipinski definition) is 3. The molecular formula is C36H39Cl2N5O5. The predicted molar refractivity (Wildman–Crippen MR) is 187 cm³/mol. The Hall–Kier alpha value is -4.22. The highest BCUT2D eigenvalue weighted by Crippen LogP contribution is 2.42. The second-order valence-corrected chi connectivity index (χ2v) is 12.4. The van der Waals surface area contributed by atoms with Crippen molar-refractivity contribution in [1.82, 2.24) is 25.9 Å². The van der Waals surface area contributed by atoms with E-state index in [1.54, 1.807) is 20.4 Å². The number of nitrogens with one attached hydrogen (secondary N) is 3. The third kappa shape index (κ3) is 8.43. The lowest BCUT2D eigenvalue weighted by atomic mass is 9.99. The minimum absolute atomic E-state index is 0.0876. The lowest BCUT2D eigenvalue weighted by Crippen LogP contribution is -2.35. The van der Waals surface area contributed by atoms with Crippen LogP contribution in [0.1, 0.15) is 37.8 Å². The first-order valence-corrected chi connectivity index (χ1v) is 16.5. The summed E-state index contributed by atoms with van der Waals surface area (Å²) in [5, 5.41) is 10.4. The van der Waals surface area contributed by atoms with Crippen LogP contribution in [0.5, 0.6) is 11.6 Å². The Bertz CT molecular complexity index is 1780. The summed E-state index contributed by atoms with van der Waals surface area (Å²) >= 11 is 14.1. The van der Waals surface area contributed by atoms with Gasteiger partial charge >= 0.3 is 5.97 Å². The number of halogens is 2. The third-order valence-corrected chi connectivity index (χ3v) is 8.68. The van der Waals surface area contributed by atoms with Crippen LogP contribution in [0.15, 0.2) is 60.8 Å². The van der Waals surface area contributed by atoms with Crippen LogP contribution >= 0.6 is 23.2 Å². The number of pyridine rings is 2. The van der Waals surface area contributed by atoms with Gasteiger partial charge in [0.1, 0.15) is 5.75 Å². The number of esters is 1. The Kier molecular flexibility index (Phi) is 11.9. The average molecular weight is 693 g/mol. The van der Waals surface area contributed by atoms with E-state index in [0.29, 0.717) is 64.7 Å². The number of ether oxygens (including phenoxy) is 3. The molecule has 1 fully saturated rings. The maximum atomic E-state index is 11.9. The largest absolute Gasteiger partial charge is 0.496 e. The van der Waals surface area contributed by atoms with Crippen LogP contribution in [0.3, 0.4) is 0 Å². The summed E-state index contributed by atoms with van der Waals surface area (Å²) in [6, 6.07) is 17.3. The second-order valence-electron chi connectivity index (χ2n) is 11.7. The van der Waals surface area contributed by atoms with Gasteiger partial charge in [-0.15, -0.1) is 0 Å². The SMILES string of the molecule is COc1cc(-c2nccc(-c3cccc(-c4ccc(CNCC5CCC(=O)N5)c(OC)n4)c3Cl)c2Cl)ccc1CNCC(=O)OC(C)C. The first-order valence-electron chi connectivity index (χ1n) is 15.7. The molecule has 1 unspecified atom stereocenters. The Morgan fingerprint density at radius 1 is 0.958 bits per heavy atom. The smallest absolute Gasteiger partial charge is 0.320 e. The molecule has 4 aromatic rings. The van der Waals surface area contributed by atoms with Crippen LogP contribution in [-0.4, -0.2) is 61.3 Å². The number of carbonyl (C=O) groups excluding carboxylic acids is 2. The maximum Gasteiger partial charge on any atom is 0.320 e. The summed E-state index contributed by atoms with van der Waals surface area (Å²) in [7, 11) is 3.18. The van der Waals surface area contributed by atoms with Crippen molar-refractivity contribution in [2.24, 2.45) is 0 Å². The van der Waals surface area contributed by atoms with Gasteiger partial charge < -0.3 is 30.2 Å². The maximum absolute atomic E-state index is 11.9. The van der Waals surface area contributed by atoms with E-state index in [-0.39, 0.29) is 30.6 Å². The van der Waals surface area contributed by atoms with Gasteiger partial charge in [-0.05, 0) is 38.5 Å². The molecule has 5 rings (SSSR count). The highest BCUT2D eigenvalue weighted by molar-refractivity contribution is 6.39. The van der Waals surface area contributed by atoms with E-state index >= 15 is 0 Å². The Morgan fingerprint density at radius 3 is 2.44 bits per heavy atom. The summed E-state index contributed by atoms with van der Waals surface area (Å²) in [6.07, 6.45) is 2.92. The predicted octanol–water partition coefficient (Wildman–Crippen LogP) is 6.21. The lowest BCUT2D eigenvalue weighted by molar-refractivity contribution is -0.146. The fourth-order valence-electron chi connectivity index (χ4n) is 5.57. The minimum atomic E-state index is -0.316. The van der Waals surface area contributed by atoms with Crippen LogP contribution in [0.25, 0.3) is 33.6 Å². The molecule has 1 amide bonds. The number of rotatable bonds is 14. The molecule has 1 aliphatic heterocycles. The van der Waals surface area contributed by atoms with E-state index in [4.69, 9.17) is 42.4 Å². The van der Waals surface area contributed by atoms with Crippen molar-refractivity contribution >= 4 is 35.1 Å². The first kappa shape index (κ1) is 35.1. The zero-order chi connectivity index (χ0) is 34.2. The monoisotopic (exact) mass is 691 g/mol. The van der Waals surface area contributed by atoms with Gasteiger partial charge in [0.25, 0.3) is 0 Å². The van der Waals surface area contributed by atoms with Gasteiger partial charge in [0.05, 0.1) is 48.3 Å². The molecule has 1 atom stereocenters. The van der Waals surface area contributed by atoms with Crippen molar-refractivity contribution in [2.75, 3.05) is 27.3 Å². The third-order valence-electron chi connectivity index (χ3n) is 7.89. The molecule has 3 heterocycles. The molecule has 0 aliphatic carbocycles. The molecule has 12 heteroatoms. The first-order chi connectivity index (χ1) is 23.2. The van der Waals surface area contributed by atoms with E-state index in [1.807, 2.05) is 68.4 Å². The Labute approximate surface area is 290 Å². The molecule has 48 heavy (non-hydrogen) atoms. The van der Waals surface area contributed by atoms with Gasteiger partial charge in [-0.2, -0.15) is 0 Å².